The Bertz CT molecular complexity index is 552. The van der Waals surface area contributed by atoms with Crippen LogP contribution in [0.4, 0.5) is 0 Å². The Balaban J connectivity index is 2.31. The zero-order valence-electron chi connectivity index (χ0n) is 10.4. The number of carboxylic acids is 1. The van der Waals surface area contributed by atoms with Crippen LogP contribution in [0.2, 0.25) is 5.02 Å². The van der Waals surface area contributed by atoms with Crippen molar-refractivity contribution in [2.24, 2.45) is 0 Å². The van der Waals surface area contributed by atoms with Crippen molar-refractivity contribution in [3.05, 3.63) is 70.7 Å². The van der Waals surface area contributed by atoms with E-state index in [2.05, 4.69) is 0 Å². The Labute approximate surface area is 117 Å². The van der Waals surface area contributed by atoms with Crippen LogP contribution >= 0.6 is 11.6 Å². The molecule has 0 unspecified atom stereocenters. The van der Waals surface area contributed by atoms with Crippen LogP contribution in [-0.2, 0) is 4.79 Å². The van der Waals surface area contributed by atoms with Crippen molar-refractivity contribution in [3.8, 4) is 0 Å². The fourth-order valence-corrected chi connectivity index (χ4v) is 2.40. The highest BCUT2D eigenvalue weighted by Crippen LogP contribution is 2.30. The summed E-state index contributed by atoms with van der Waals surface area (Å²) in [5, 5.41) is 9.56. The first-order chi connectivity index (χ1) is 9.16. The number of benzene rings is 2. The average Bonchev–Trinajstić information content (AvgIpc) is 2.40. The fraction of sp³-hybridized carbons (Fsp3) is 0.188. The third-order valence-corrected chi connectivity index (χ3v) is 3.33. The highest BCUT2D eigenvalue weighted by atomic mass is 35.5. The predicted octanol–water partition coefficient (Wildman–Crippen LogP) is 4.34. The van der Waals surface area contributed by atoms with Gasteiger partial charge in [0.1, 0.15) is 0 Å². The van der Waals surface area contributed by atoms with Gasteiger partial charge in [-0.3, -0.25) is 4.79 Å². The predicted molar refractivity (Wildman–Crippen MR) is 76.6 cm³/mol. The van der Waals surface area contributed by atoms with E-state index in [9.17, 15) is 4.79 Å². The topological polar surface area (TPSA) is 37.3 Å². The summed E-state index contributed by atoms with van der Waals surface area (Å²) < 4.78 is 0. The van der Waals surface area contributed by atoms with Gasteiger partial charge in [0, 0.05) is 17.4 Å². The molecule has 2 aromatic carbocycles. The van der Waals surface area contributed by atoms with Crippen molar-refractivity contribution < 1.29 is 9.90 Å². The maximum atomic E-state index is 10.8. The van der Waals surface area contributed by atoms with E-state index in [4.69, 9.17) is 16.7 Å². The highest BCUT2D eigenvalue weighted by molar-refractivity contribution is 6.30. The number of aliphatic carboxylic acids is 1. The number of hydrogen-bond acceptors (Lipinski definition) is 1. The Hall–Kier alpha value is -1.80. The second-order valence-electron chi connectivity index (χ2n) is 4.45. The smallest absolute Gasteiger partial charge is 0.303 e. The van der Waals surface area contributed by atoms with E-state index in [1.54, 1.807) is 0 Å². The first-order valence-electron chi connectivity index (χ1n) is 6.19. The van der Waals surface area contributed by atoms with E-state index < -0.39 is 5.97 Å². The van der Waals surface area contributed by atoms with Crippen LogP contribution in [0.5, 0.6) is 0 Å². The minimum Gasteiger partial charge on any atom is -0.481 e. The number of hydrogen-bond donors (Lipinski definition) is 1. The van der Waals surface area contributed by atoms with Crippen LogP contribution < -0.4 is 0 Å². The van der Waals surface area contributed by atoms with Gasteiger partial charge < -0.3 is 5.11 Å². The van der Waals surface area contributed by atoms with Crippen molar-refractivity contribution in [3.63, 3.8) is 0 Å². The first-order valence-corrected chi connectivity index (χ1v) is 6.57. The molecule has 0 aliphatic rings. The van der Waals surface area contributed by atoms with Gasteiger partial charge in [0.05, 0.1) is 0 Å². The van der Waals surface area contributed by atoms with Gasteiger partial charge >= 0.3 is 5.97 Å². The molecule has 0 amide bonds. The molecule has 1 atom stereocenters. The van der Waals surface area contributed by atoms with Crippen molar-refractivity contribution in [1.82, 2.24) is 0 Å². The molecule has 2 rings (SSSR count). The van der Waals surface area contributed by atoms with Gasteiger partial charge in [-0.15, -0.1) is 0 Å². The largest absolute Gasteiger partial charge is 0.481 e. The molecule has 19 heavy (non-hydrogen) atoms. The lowest BCUT2D eigenvalue weighted by molar-refractivity contribution is -0.137. The average molecular weight is 275 g/mol. The van der Waals surface area contributed by atoms with Crippen molar-refractivity contribution in [1.29, 1.82) is 0 Å². The normalized spacial score (nSPS) is 12.1. The van der Waals surface area contributed by atoms with Crippen molar-refractivity contribution >= 4 is 17.6 Å². The van der Waals surface area contributed by atoms with Gasteiger partial charge in [-0.05, 0) is 29.7 Å². The fourth-order valence-electron chi connectivity index (χ4n) is 2.20. The van der Waals surface area contributed by atoms with Gasteiger partial charge in [-0.2, -0.15) is 0 Å². The minimum atomic E-state index is -0.775. The van der Waals surface area contributed by atoms with E-state index in [0.717, 1.165) is 11.1 Å². The van der Waals surface area contributed by atoms with Crippen LogP contribution in [0.3, 0.4) is 0 Å². The molecule has 0 spiro atoms. The molecule has 2 aromatic rings. The molecule has 0 aromatic heterocycles. The molecule has 0 fully saturated rings. The monoisotopic (exact) mass is 274 g/mol. The zero-order valence-corrected chi connectivity index (χ0v) is 11.2. The molecule has 0 heterocycles. The summed E-state index contributed by atoms with van der Waals surface area (Å²) in [4.78, 5) is 10.8. The number of carbonyl (C=O) groups is 1. The molecular weight excluding hydrogens is 260 g/mol. The van der Waals surface area contributed by atoms with E-state index in [1.165, 1.54) is 0 Å². The highest BCUT2D eigenvalue weighted by Gasteiger charge is 2.15. The lowest BCUT2D eigenvalue weighted by Crippen LogP contribution is -2.05. The second kappa shape index (κ2) is 6.39. The SMILES string of the molecule is O=C(O)CC[C@H](c1ccccc1)c1cccc(Cl)c1. The maximum Gasteiger partial charge on any atom is 0.303 e. The van der Waals surface area contributed by atoms with E-state index in [0.29, 0.717) is 11.4 Å². The first kappa shape index (κ1) is 13.6. The lowest BCUT2D eigenvalue weighted by atomic mass is 9.87. The van der Waals surface area contributed by atoms with E-state index in [1.807, 2.05) is 54.6 Å². The van der Waals surface area contributed by atoms with Crippen LogP contribution in [0.25, 0.3) is 0 Å². The summed E-state index contributed by atoms with van der Waals surface area (Å²) in [6, 6.07) is 17.5. The minimum absolute atomic E-state index is 0.0657. The number of halogens is 1. The summed E-state index contributed by atoms with van der Waals surface area (Å²) in [5.74, 6) is -0.709. The lowest BCUT2D eigenvalue weighted by Gasteiger charge is -2.17. The molecule has 0 bridgehead atoms. The van der Waals surface area contributed by atoms with Crippen LogP contribution in [0.1, 0.15) is 29.9 Å². The van der Waals surface area contributed by atoms with Gasteiger partial charge in [-0.1, -0.05) is 54.1 Å². The van der Waals surface area contributed by atoms with Crippen molar-refractivity contribution in [2.75, 3.05) is 0 Å². The summed E-state index contributed by atoms with van der Waals surface area (Å²) in [7, 11) is 0. The Morgan fingerprint density at radius 2 is 1.74 bits per heavy atom. The number of carboxylic acid groups (broad SMARTS) is 1. The summed E-state index contributed by atoms with van der Waals surface area (Å²) in [6.07, 6.45) is 0.714. The molecular formula is C16H15ClO2. The summed E-state index contributed by atoms with van der Waals surface area (Å²) in [6.45, 7) is 0. The van der Waals surface area contributed by atoms with Gasteiger partial charge in [0.15, 0.2) is 0 Å². The zero-order chi connectivity index (χ0) is 13.7. The number of rotatable bonds is 5. The molecule has 3 heteroatoms. The summed E-state index contributed by atoms with van der Waals surface area (Å²) >= 11 is 6.02. The quantitative estimate of drug-likeness (QED) is 0.881. The van der Waals surface area contributed by atoms with Gasteiger partial charge in [-0.25, -0.2) is 0 Å². The maximum absolute atomic E-state index is 10.8. The van der Waals surface area contributed by atoms with Gasteiger partial charge in [0.25, 0.3) is 0 Å². The van der Waals surface area contributed by atoms with E-state index >= 15 is 0 Å². The standard InChI is InChI=1S/C16H15ClO2/c17-14-8-4-7-13(11-14)15(9-10-16(18)19)12-5-2-1-3-6-12/h1-8,11,15H,9-10H2,(H,18,19)/t15-/m1/s1. The Morgan fingerprint density at radius 3 is 2.37 bits per heavy atom. The summed E-state index contributed by atoms with van der Waals surface area (Å²) in [5.41, 5.74) is 2.17. The second-order valence-corrected chi connectivity index (χ2v) is 4.89. The molecule has 0 aliphatic heterocycles. The molecule has 0 saturated carbocycles. The van der Waals surface area contributed by atoms with Crippen LogP contribution in [0.15, 0.2) is 54.6 Å². The van der Waals surface area contributed by atoms with Gasteiger partial charge in [0.2, 0.25) is 0 Å². The molecule has 0 saturated heterocycles. The molecule has 0 radical (unpaired) electrons. The van der Waals surface area contributed by atoms with Crippen LogP contribution in [-0.4, -0.2) is 11.1 Å². The molecule has 0 aliphatic carbocycles. The Morgan fingerprint density at radius 1 is 1.05 bits per heavy atom. The molecule has 1 N–H and O–H groups in total. The molecule has 98 valence electrons. The third kappa shape index (κ3) is 3.83. The third-order valence-electron chi connectivity index (χ3n) is 3.10. The van der Waals surface area contributed by atoms with Crippen LogP contribution in [0, 0.1) is 0 Å². The Kier molecular flexibility index (Phi) is 4.58. The van der Waals surface area contributed by atoms with E-state index in [-0.39, 0.29) is 12.3 Å². The van der Waals surface area contributed by atoms with Crippen molar-refractivity contribution in [2.45, 2.75) is 18.8 Å². The molecule has 2 nitrogen and oxygen atoms in total.